The summed E-state index contributed by atoms with van der Waals surface area (Å²) in [5, 5.41) is 10.1. The molecule has 0 aromatic heterocycles. The highest BCUT2D eigenvalue weighted by Gasteiger charge is 2.32. The lowest BCUT2D eigenvalue weighted by Crippen LogP contribution is -2.55. The molecule has 0 saturated carbocycles. The normalized spacial score (nSPS) is 21.4. The highest BCUT2D eigenvalue weighted by molar-refractivity contribution is 5.94. The molecule has 3 rings (SSSR count). The van der Waals surface area contributed by atoms with Gasteiger partial charge in [0.1, 0.15) is 5.75 Å². The monoisotopic (exact) mass is 409 g/mol. The summed E-state index contributed by atoms with van der Waals surface area (Å²) in [6.45, 7) is 11.8. The third-order valence-corrected chi connectivity index (χ3v) is 6.46. The Balaban J connectivity index is 1.96. The van der Waals surface area contributed by atoms with Gasteiger partial charge in [0.25, 0.3) is 5.91 Å². The van der Waals surface area contributed by atoms with Gasteiger partial charge in [-0.25, -0.2) is 0 Å². The second kappa shape index (κ2) is 9.63. The molecule has 3 atom stereocenters. The van der Waals surface area contributed by atoms with Crippen molar-refractivity contribution in [2.24, 2.45) is 0 Å². The number of hydrogen-bond donors (Lipinski definition) is 1. The van der Waals surface area contributed by atoms with Gasteiger partial charge in [-0.05, 0) is 70.1 Å². The molecule has 0 aliphatic carbocycles. The molecule has 1 aliphatic rings. The van der Waals surface area contributed by atoms with Gasteiger partial charge in [-0.2, -0.15) is 0 Å². The Morgan fingerprint density at radius 3 is 2.17 bits per heavy atom. The topological polar surface area (TPSA) is 47.0 Å². The number of hydrogen-bond acceptors (Lipinski definition) is 4. The lowest BCUT2D eigenvalue weighted by atomic mass is 9.93. The standard InChI is InChI=1S/C25H35N3O2/c1-6-27(7-2)25(30)21-13-11-20(12-14-21)24(22-9-8-10-23(29)15-22)28-16-18(3)26(5)19(4)17-28/h8-15,18-19,24,29H,6-7,16-17H2,1-5H3. The summed E-state index contributed by atoms with van der Waals surface area (Å²) < 4.78 is 0. The lowest BCUT2D eigenvalue weighted by molar-refractivity contribution is 0.0427. The molecule has 1 N–H and O–H groups in total. The average Bonchev–Trinajstić information content (AvgIpc) is 2.73. The van der Waals surface area contributed by atoms with E-state index < -0.39 is 0 Å². The highest BCUT2D eigenvalue weighted by Crippen LogP contribution is 2.33. The minimum Gasteiger partial charge on any atom is -0.508 e. The molecule has 1 heterocycles. The largest absolute Gasteiger partial charge is 0.508 e. The first-order valence-electron chi connectivity index (χ1n) is 11.0. The number of piperazine rings is 1. The fourth-order valence-electron chi connectivity index (χ4n) is 4.47. The molecule has 0 radical (unpaired) electrons. The van der Waals surface area contributed by atoms with Crippen molar-refractivity contribution in [2.75, 3.05) is 33.2 Å². The molecular formula is C25H35N3O2. The van der Waals surface area contributed by atoms with Crippen LogP contribution in [0.3, 0.4) is 0 Å². The molecule has 0 bridgehead atoms. The van der Waals surface area contributed by atoms with Crippen molar-refractivity contribution in [2.45, 2.75) is 45.8 Å². The Hall–Kier alpha value is -2.37. The van der Waals surface area contributed by atoms with Gasteiger partial charge in [0.15, 0.2) is 0 Å². The van der Waals surface area contributed by atoms with Crippen LogP contribution in [-0.4, -0.2) is 71.0 Å². The van der Waals surface area contributed by atoms with Crippen molar-refractivity contribution in [3.05, 3.63) is 65.2 Å². The minimum atomic E-state index is 0.0355. The molecule has 1 saturated heterocycles. The predicted molar refractivity (Wildman–Crippen MR) is 122 cm³/mol. The van der Waals surface area contributed by atoms with Gasteiger partial charge in [-0.1, -0.05) is 24.3 Å². The van der Waals surface area contributed by atoms with E-state index in [1.807, 2.05) is 43.0 Å². The van der Waals surface area contributed by atoms with Gasteiger partial charge in [0, 0.05) is 43.8 Å². The van der Waals surface area contributed by atoms with Crippen LogP contribution in [0.1, 0.15) is 55.2 Å². The molecule has 5 heteroatoms. The number of amides is 1. The van der Waals surface area contributed by atoms with Crippen LogP contribution in [0.5, 0.6) is 5.75 Å². The number of carbonyl (C=O) groups excluding carboxylic acids is 1. The van der Waals surface area contributed by atoms with E-state index >= 15 is 0 Å². The van der Waals surface area contributed by atoms with Crippen LogP contribution < -0.4 is 0 Å². The summed E-state index contributed by atoms with van der Waals surface area (Å²) in [7, 11) is 2.18. The molecule has 162 valence electrons. The van der Waals surface area contributed by atoms with Crippen molar-refractivity contribution < 1.29 is 9.90 Å². The number of likely N-dealkylation sites (N-methyl/N-ethyl adjacent to an activating group) is 1. The van der Waals surface area contributed by atoms with Gasteiger partial charge in [-0.3, -0.25) is 14.6 Å². The van der Waals surface area contributed by atoms with E-state index in [1.54, 1.807) is 6.07 Å². The lowest BCUT2D eigenvalue weighted by Gasteiger charge is -2.46. The Labute approximate surface area is 180 Å². The number of aromatic hydroxyl groups is 1. The Morgan fingerprint density at radius 2 is 1.63 bits per heavy atom. The van der Waals surface area contributed by atoms with E-state index in [9.17, 15) is 9.90 Å². The number of carbonyl (C=O) groups is 1. The van der Waals surface area contributed by atoms with Crippen LogP contribution in [0.2, 0.25) is 0 Å². The second-order valence-electron chi connectivity index (χ2n) is 8.41. The van der Waals surface area contributed by atoms with Crippen molar-refractivity contribution in [1.82, 2.24) is 14.7 Å². The summed E-state index contributed by atoms with van der Waals surface area (Å²) >= 11 is 0. The average molecular weight is 410 g/mol. The fraction of sp³-hybridized carbons (Fsp3) is 0.480. The van der Waals surface area contributed by atoms with E-state index in [4.69, 9.17) is 0 Å². The second-order valence-corrected chi connectivity index (χ2v) is 8.41. The van der Waals surface area contributed by atoms with Gasteiger partial charge in [-0.15, -0.1) is 0 Å². The van der Waals surface area contributed by atoms with E-state index in [0.29, 0.717) is 25.2 Å². The van der Waals surface area contributed by atoms with Crippen LogP contribution in [0, 0.1) is 0 Å². The SMILES string of the molecule is CCN(CC)C(=O)c1ccc(C(c2cccc(O)c2)N2CC(C)N(C)C(C)C2)cc1. The number of phenolic OH excluding ortho intramolecular Hbond substituents is 1. The summed E-state index contributed by atoms with van der Waals surface area (Å²) in [5.41, 5.74) is 2.93. The molecule has 2 aromatic carbocycles. The maximum Gasteiger partial charge on any atom is 0.253 e. The van der Waals surface area contributed by atoms with Gasteiger partial charge in [0.2, 0.25) is 0 Å². The highest BCUT2D eigenvalue weighted by atomic mass is 16.3. The zero-order valence-corrected chi connectivity index (χ0v) is 18.9. The summed E-state index contributed by atoms with van der Waals surface area (Å²) in [6.07, 6.45) is 0. The van der Waals surface area contributed by atoms with Crippen molar-refractivity contribution in [1.29, 1.82) is 0 Å². The summed E-state index contributed by atoms with van der Waals surface area (Å²) in [4.78, 5) is 19.5. The molecule has 3 unspecified atom stereocenters. The van der Waals surface area contributed by atoms with E-state index in [1.165, 1.54) is 0 Å². The van der Waals surface area contributed by atoms with Crippen LogP contribution in [0.15, 0.2) is 48.5 Å². The Bertz CT molecular complexity index is 836. The molecule has 1 fully saturated rings. The molecule has 1 aliphatic heterocycles. The molecular weight excluding hydrogens is 374 g/mol. The molecule has 2 aromatic rings. The summed E-state index contributed by atoms with van der Waals surface area (Å²) in [5.74, 6) is 0.350. The zero-order chi connectivity index (χ0) is 21.8. The Kier molecular flexibility index (Phi) is 7.16. The smallest absolute Gasteiger partial charge is 0.253 e. The number of benzene rings is 2. The third kappa shape index (κ3) is 4.68. The van der Waals surface area contributed by atoms with E-state index in [-0.39, 0.29) is 17.7 Å². The molecule has 0 spiro atoms. The predicted octanol–water partition coefficient (Wildman–Crippen LogP) is 3.99. The van der Waals surface area contributed by atoms with Crippen molar-refractivity contribution >= 4 is 5.91 Å². The minimum absolute atomic E-state index is 0.0355. The summed E-state index contributed by atoms with van der Waals surface area (Å²) in [6, 6.07) is 16.5. The fourth-order valence-corrected chi connectivity index (χ4v) is 4.47. The van der Waals surface area contributed by atoms with E-state index in [2.05, 4.69) is 48.9 Å². The molecule has 1 amide bonds. The number of phenols is 1. The van der Waals surface area contributed by atoms with Crippen molar-refractivity contribution in [3.63, 3.8) is 0 Å². The van der Waals surface area contributed by atoms with Gasteiger partial charge in [0.05, 0.1) is 6.04 Å². The Morgan fingerprint density at radius 1 is 1.03 bits per heavy atom. The first kappa shape index (κ1) is 22.3. The zero-order valence-electron chi connectivity index (χ0n) is 18.9. The molecule has 30 heavy (non-hydrogen) atoms. The maximum atomic E-state index is 12.7. The first-order valence-corrected chi connectivity index (χ1v) is 11.0. The van der Waals surface area contributed by atoms with Crippen LogP contribution in [-0.2, 0) is 0 Å². The first-order chi connectivity index (χ1) is 14.3. The van der Waals surface area contributed by atoms with Crippen LogP contribution >= 0.6 is 0 Å². The number of nitrogens with zero attached hydrogens (tertiary/aromatic N) is 3. The van der Waals surface area contributed by atoms with Crippen LogP contribution in [0.25, 0.3) is 0 Å². The quantitative estimate of drug-likeness (QED) is 0.784. The molecule has 5 nitrogen and oxygen atoms in total. The van der Waals surface area contributed by atoms with E-state index in [0.717, 1.165) is 29.8 Å². The van der Waals surface area contributed by atoms with Gasteiger partial charge >= 0.3 is 0 Å². The maximum absolute atomic E-state index is 12.7. The number of rotatable bonds is 6. The third-order valence-electron chi connectivity index (χ3n) is 6.46. The van der Waals surface area contributed by atoms with Gasteiger partial charge < -0.3 is 10.0 Å². The van der Waals surface area contributed by atoms with Crippen LogP contribution in [0.4, 0.5) is 0 Å². The van der Waals surface area contributed by atoms with Crippen molar-refractivity contribution in [3.8, 4) is 5.75 Å².